The van der Waals surface area contributed by atoms with Gasteiger partial charge in [-0.3, -0.25) is 0 Å². The Hall–Kier alpha value is -2.20. The molecule has 3 rings (SSSR count). The Morgan fingerprint density at radius 3 is 2.55 bits per heavy atom. The van der Waals surface area contributed by atoms with Crippen LogP contribution in [-0.2, 0) is 6.54 Å². The van der Waals surface area contributed by atoms with Gasteiger partial charge in [-0.1, -0.05) is 24.3 Å². The maximum absolute atomic E-state index is 13.0. The van der Waals surface area contributed by atoms with E-state index in [1.54, 1.807) is 19.1 Å². The van der Waals surface area contributed by atoms with Crippen molar-refractivity contribution in [3.63, 3.8) is 0 Å². The molecule has 3 nitrogen and oxygen atoms in total. The van der Waals surface area contributed by atoms with Gasteiger partial charge < -0.3 is 5.11 Å². The second-order valence-electron chi connectivity index (χ2n) is 4.92. The van der Waals surface area contributed by atoms with Crippen molar-refractivity contribution < 1.29 is 14.1 Å². The minimum atomic E-state index is -0.595. The molecule has 0 spiro atoms. The Kier molecular flexibility index (Phi) is 3.24. The van der Waals surface area contributed by atoms with E-state index in [9.17, 15) is 9.50 Å². The molecule has 0 fully saturated rings. The van der Waals surface area contributed by atoms with Crippen LogP contribution in [0.3, 0.4) is 0 Å². The average molecular weight is 271 g/mol. The first-order valence-corrected chi connectivity index (χ1v) is 6.58. The fraction of sp³-hybridized carbons (Fsp3) is 0.188. The molecule has 0 amide bonds. The van der Waals surface area contributed by atoms with Crippen LogP contribution >= 0.6 is 0 Å². The molecule has 0 saturated carbocycles. The monoisotopic (exact) mass is 271 g/mol. The van der Waals surface area contributed by atoms with Gasteiger partial charge in [0.15, 0.2) is 17.1 Å². The minimum Gasteiger partial charge on any atom is -0.381 e. The molecule has 1 aromatic heterocycles. The zero-order valence-corrected chi connectivity index (χ0v) is 11.2. The molecular weight excluding hydrogens is 255 g/mol. The van der Waals surface area contributed by atoms with Gasteiger partial charge in [-0.2, -0.15) is 0 Å². The van der Waals surface area contributed by atoms with E-state index < -0.39 is 6.10 Å². The van der Waals surface area contributed by atoms with Crippen molar-refractivity contribution in [3.8, 4) is 0 Å². The number of hydrogen-bond acceptors (Lipinski definition) is 1. The molecule has 0 aliphatic carbocycles. The van der Waals surface area contributed by atoms with Crippen LogP contribution < -0.4 is 4.57 Å². The number of H-pyrrole nitrogens is 1. The lowest BCUT2D eigenvalue weighted by Crippen LogP contribution is -2.38. The Morgan fingerprint density at radius 2 is 1.85 bits per heavy atom. The van der Waals surface area contributed by atoms with Gasteiger partial charge in [0.05, 0.1) is 0 Å². The van der Waals surface area contributed by atoms with Crippen molar-refractivity contribution in [2.24, 2.45) is 0 Å². The van der Waals surface area contributed by atoms with Gasteiger partial charge in [-0.15, -0.1) is 0 Å². The van der Waals surface area contributed by atoms with Crippen LogP contribution in [0.15, 0.2) is 48.5 Å². The molecule has 0 bridgehead atoms. The number of imidazole rings is 1. The normalized spacial score (nSPS) is 12.8. The zero-order chi connectivity index (χ0) is 14.1. The van der Waals surface area contributed by atoms with E-state index in [1.807, 2.05) is 28.8 Å². The highest BCUT2D eigenvalue weighted by molar-refractivity contribution is 5.71. The van der Waals surface area contributed by atoms with Crippen LogP contribution in [0.4, 0.5) is 4.39 Å². The van der Waals surface area contributed by atoms with Crippen LogP contribution in [0.1, 0.15) is 24.4 Å². The first-order valence-electron chi connectivity index (χ1n) is 6.58. The van der Waals surface area contributed by atoms with E-state index >= 15 is 0 Å². The van der Waals surface area contributed by atoms with Gasteiger partial charge in [-0.25, -0.2) is 13.9 Å². The van der Waals surface area contributed by atoms with Gasteiger partial charge in [0.25, 0.3) is 5.82 Å². The molecule has 1 heterocycles. The van der Waals surface area contributed by atoms with Crippen LogP contribution in [0.2, 0.25) is 0 Å². The summed E-state index contributed by atoms with van der Waals surface area (Å²) in [7, 11) is 0. The molecule has 0 aliphatic heterocycles. The molecule has 2 N–H and O–H groups in total. The van der Waals surface area contributed by atoms with Gasteiger partial charge >= 0.3 is 0 Å². The summed E-state index contributed by atoms with van der Waals surface area (Å²) in [6, 6.07) is 14.3. The van der Waals surface area contributed by atoms with E-state index in [4.69, 9.17) is 0 Å². The number of benzene rings is 2. The predicted octanol–water partition coefficient (Wildman–Crippen LogP) is 2.70. The number of aliphatic hydroxyl groups is 1. The van der Waals surface area contributed by atoms with E-state index in [-0.39, 0.29) is 5.82 Å². The third kappa shape index (κ3) is 2.30. The number of aromatic nitrogens is 2. The molecule has 20 heavy (non-hydrogen) atoms. The minimum absolute atomic E-state index is 0.242. The Balaban J connectivity index is 2.09. The summed E-state index contributed by atoms with van der Waals surface area (Å²) in [6.45, 7) is 2.32. The van der Waals surface area contributed by atoms with Crippen molar-refractivity contribution in [3.05, 3.63) is 65.7 Å². The Bertz CT molecular complexity index is 732. The molecule has 3 aromatic rings. The molecule has 4 heteroatoms. The summed E-state index contributed by atoms with van der Waals surface area (Å²) < 4.78 is 15.0. The second kappa shape index (κ2) is 5.06. The van der Waals surface area contributed by atoms with Gasteiger partial charge in [0.2, 0.25) is 0 Å². The summed E-state index contributed by atoms with van der Waals surface area (Å²) >= 11 is 0. The summed E-state index contributed by atoms with van der Waals surface area (Å²) in [5.41, 5.74) is 2.99. The fourth-order valence-corrected chi connectivity index (χ4v) is 2.42. The molecule has 1 atom stereocenters. The van der Waals surface area contributed by atoms with E-state index in [1.165, 1.54) is 12.1 Å². The third-order valence-corrected chi connectivity index (χ3v) is 3.40. The van der Waals surface area contributed by atoms with Gasteiger partial charge in [0.1, 0.15) is 12.4 Å². The summed E-state index contributed by atoms with van der Waals surface area (Å²) in [5.74, 6) is 0.504. The molecular formula is C16H16FN2O+. The first-order chi connectivity index (χ1) is 9.65. The molecule has 1 unspecified atom stereocenters. The summed E-state index contributed by atoms with van der Waals surface area (Å²) in [5, 5.41) is 9.92. The number of aromatic amines is 1. The van der Waals surface area contributed by atoms with E-state index in [2.05, 4.69) is 4.98 Å². The van der Waals surface area contributed by atoms with Gasteiger partial charge in [-0.05, 0) is 36.8 Å². The van der Waals surface area contributed by atoms with Gasteiger partial charge in [0, 0.05) is 0 Å². The van der Waals surface area contributed by atoms with Crippen molar-refractivity contribution >= 4 is 11.0 Å². The number of hydrogen-bond donors (Lipinski definition) is 2. The van der Waals surface area contributed by atoms with Crippen molar-refractivity contribution in [1.29, 1.82) is 0 Å². The van der Waals surface area contributed by atoms with Crippen molar-refractivity contribution in [1.82, 2.24) is 4.98 Å². The molecule has 0 radical (unpaired) electrons. The average Bonchev–Trinajstić information content (AvgIpc) is 2.81. The maximum atomic E-state index is 13.0. The second-order valence-corrected chi connectivity index (χ2v) is 4.92. The smallest absolute Gasteiger partial charge is 0.284 e. The number of nitrogens with zero attached hydrogens (tertiary/aromatic N) is 1. The van der Waals surface area contributed by atoms with Crippen LogP contribution in [0, 0.1) is 5.82 Å². The highest BCUT2D eigenvalue weighted by atomic mass is 19.1. The van der Waals surface area contributed by atoms with E-state index in [0.717, 1.165) is 22.4 Å². The molecule has 0 aliphatic rings. The van der Waals surface area contributed by atoms with E-state index in [0.29, 0.717) is 6.54 Å². The number of fused-ring (bicyclic) bond motifs is 1. The van der Waals surface area contributed by atoms with Crippen LogP contribution in [0.5, 0.6) is 0 Å². The SMILES string of the molecule is CC(O)c1[nH]c2ccccc2[n+]1Cc1ccc(F)cc1. The van der Waals surface area contributed by atoms with Crippen molar-refractivity contribution in [2.75, 3.05) is 0 Å². The lowest BCUT2D eigenvalue weighted by Gasteiger charge is -2.04. The van der Waals surface area contributed by atoms with Crippen LogP contribution in [0.25, 0.3) is 11.0 Å². The third-order valence-electron chi connectivity index (χ3n) is 3.40. The largest absolute Gasteiger partial charge is 0.381 e. The zero-order valence-electron chi connectivity index (χ0n) is 11.2. The molecule has 2 aromatic carbocycles. The number of nitrogens with one attached hydrogen (secondary N) is 1. The summed E-state index contributed by atoms with van der Waals surface area (Å²) in [4.78, 5) is 3.23. The number of rotatable bonds is 3. The summed E-state index contributed by atoms with van der Waals surface area (Å²) in [6.07, 6.45) is -0.595. The quantitative estimate of drug-likeness (QED) is 0.706. The lowest BCUT2D eigenvalue weighted by molar-refractivity contribution is -0.673. The fourth-order valence-electron chi connectivity index (χ4n) is 2.42. The standard InChI is InChI=1S/C16H15FN2O/c1-11(20)16-18-14-4-2-3-5-15(14)19(16)10-12-6-8-13(17)9-7-12/h2-9,11,20H,10H2,1H3/p+1. The molecule has 102 valence electrons. The highest BCUT2D eigenvalue weighted by Crippen LogP contribution is 2.15. The Morgan fingerprint density at radius 1 is 1.15 bits per heavy atom. The lowest BCUT2D eigenvalue weighted by atomic mass is 10.2. The predicted molar refractivity (Wildman–Crippen MR) is 74.6 cm³/mol. The Labute approximate surface area is 116 Å². The maximum Gasteiger partial charge on any atom is 0.284 e. The number of para-hydroxylation sites is 2. The van der Waals surface area contributed by atoms with Crippen LogP contribution in [-0.4, -0.2) is 10.1 Å². The number of aliphatic hydroxyl groups excluding tert-OH is 1. The first kappa shape index (κ1) is 12.8. The van der Waals surface area contributed by atoms with Crippen molar-refractivity contribution in [2.45, 2.75) is 19.6 Å². The number of halogens is 1. The highest BCUT2D eigenvalue weighted by Gasteiger charge is 2.22. The topological polar surface area (TPSA) is 39.9 Å². The molecule has 0 saturated heterocycles.